The normalized spacial score (nSPS) is 12.5. The lowest BCUT2D eigenvalue weighted by atomic mass is 9.84. The summed E-state index contributed by atoms with van der Waals surface area (Å²) < 4.78 is 0. The van der Waals surface area contributed by atoms with Crippen molar-refractivity contribution in [3.8, 4) is 22.3 Å². The largest absolute Gasteiger partial charge is 0.0843 e. The summed E-state index contributed by atoms with van der Waals surface area (Å²) in [6, 6.07) is 38.0. The fourth-order valence-corrected chi connectivity index (χ4v) is 5.92. The number of rotatable bonds is 2. The second-order valence-electron chi connectivity index (χ2n) is 12.8. The van der Waals surface area contributed by atoms with Crippen LogP contribution in [0.1, 0.15) is 52.7 Å². The Hall–Kier alpha value is -3.61. The molecule has 0 bridgehead atoms. The lowest BCUT2D eigenvalue weighted by Gasteiger charge is -2.20. The average molecular weight is 527 g/mol. The molecule has 6 aromatic carbocycles. The first-order valence-corrected chi connectivity index (χ1v) is 14.2. The molecule has 6 aromatic rings. The van der Waals surface area contributed by atoms with Gasteiger partial charge in [-0.3, -0.25) is 0 Å². The minimum atomic E-state index is 0.120. The average Bonchev–Trinajstić information content (AvgIpc) is 2.91. The van der Waals surface area contributed by atoms with Gasteiger partial charge >= 0.3 is 0 Å². The summed E-state index contributed by atoms with van der Waals surface area (Å²) in [5.74, 6) is 0. The molecule has 0 aliphatic rings. The van der Waals surface area contributed by atoms with Crippen LogP contribution in [0, 0.1) is 0 Å². The number of halogens is 1. The second-order valence-corrected chi connectivity index (χ2v) is 13.3. The van der Waals surface area contributed by atoms with Gasteiger partial charge in [0.1, 0.15) is 0 Å². The lowest BCUT2D eigenvalue weighted by Crippen LogP contribution is -2.10. The molecule has 0 atom stereocenters. The fraction of sp³-hybridized carbons (Fsp3) is 0.211. The Kier molecular flexibility index (Phi) is 6.08. The number of benzene rings is 6. The van der Waals surface area contributed by atoms with E-state index in [0.29, 0.717) is 0 Å². The molecule has 194 valence electrons. The predicted molar refractivity (Wildman–Crippen MR) is 172 cm³/mol. The zero-order chi connectivity index (χ0) is 27.5. The third-order valence-electron chi connectivity index (χ3n) is 8.06. The van der Waals surface area contributed by atoms with Crippen molar-refractivity contribution in [3.63, 3.8) is 0 Å². The second kappa shape index (κ2) is 9.25. The zero-order valence-electron chi connectivity index (χ0n) is 23.7. The van der Waals surface area contributed by atoms with Crippen molar-refractivity contribution in [3.05, 3.63) is 119 Å². The van der Waals surface area contributed by atoms with Crippen LogP contribution < -0.4 is 0 Å². The van der Waals surface area contributed by atoms with Crippen LogP contribution in [-0.2, 0) is 10.8 Å². The quantitative estimate of drug-likeness (QED) is 0.197. The van der Waals surface area contributed by atoms with Crippen molar-refractivity contribution in [2.24, 2.45) is 0 Å². The molecule has 0 aliphatic heterocycles. The van der Waals surface area contributed by atoms with Crippen molar-refractivity contribution in [1.82, 2.24) is 0 Å². The molecule has 6 rings (SSSR count). The summed E-state index contributed by atoms with van der Waals surface area (Å²) in [7, 11) is 0. The van der Waals surface area contributed by atoms with Crippen LogP contribution >= 0.6 is 11.6 Å². The van der Waals surface area contributed by atoms with Crippen LogP contribution in [0.3, 0.4) is 0 Å². The number of fused-ring (bicyclic) bond motifs is 5. The Morgan fingerprint density at radius 2 is 0.821 bits per heavy atom. The summed E-state index contributed by atoms with van der Waals surface area (Å²) in [4.78, 5) is 0. The minimum absolute atomic E-state index is 0.120. The first-order valence-electron chi connectivity index (χ1n) is 13.8. The molecule has 0 unspecified atom stereocenters. The van der Waals surface area contributed by atoms with Crippen LogP contribution in [0.15, 0.2) is 103 Å². The van der Waals surface area contributed by atoms with Crippen molar-refractivity contribution < 1.29 is 0 Å². The first-order chi connectivity index (χ1) is 18.5. The summed E-state index contributed by atoms with van der Waals surface area (Å²) in [5, 5.41) is 8.19. The van der Waals surface area contributed by atoms with Gasteiger partial charge in [0.25, 0.3) is 0 Å². The highest BCUT2D eigenvalue weighted by Crippen LogP contribution is 2.43. The monoisotopic (exact) mass is 526 g/mol. The minimum Gasteiger partial charge on any atom is -0.0843 e. The molecule has 0 spiro atoms. The van der Waals surface area contributed by atoms with E-state index in [2.05, 4.69) is 139 Å². The van der Waals surface area contributed by atoms with E-state index in [4.69, 9.17) is 11.6 Å². The van der Waals surface area contributed by atoms with E-state index in [9.17, 15) is 0 Å². The van der Waals surface area contributed by atoms with Crippen LogP contribution in [-0.4, -0.2) is 0 Å². The predicted octanol–water partition coefficient (Wildman–Crippen LogP) is 11.7. The Labute approximate surface area is 237 Å². The molecule has 0 amide bonds. The molecule has 0 fully saturated rings. The molecule has 0 nitrogen and oxygen atoms in total. The maximum atomic E-state index is 6.62. The van der Waals surface area contributed by atoms with E-state index in [-0.39, 0.29) is 10.8 Å². The molecule has 0 N–H and O–H groups in total. The van der Waals surface area contributed by atoms with Crippen molar-refractivity contribution >= 4 is 43.9 Å². The number of hydrogen-bond donors (Lipinski definition) is 0. The number of hydrogen-bond acceptors (Lipinski definition) is 0. The standard InChI is InChI=1S/C38H35Cl/c1-37(2,3)26-15-11-24(12-16-26)32-23-36-34-21-28(39)19-20-31(34)33(22-35(36)30-10-8-7-9-29(30)32)25-13-17-27(18-14-25)38(4,5)6/h7-23H,1-6H3. The molecule has 0 aromatic heterocycles. The Morgan fingerprint density at radius 3 is 1.31 bits per heavy atom. The van der Waals surface area contributed by atoms with Gasteiger partial charge < -0.3 is 0 Å². The highest BCUT2D eigenvalue weighted by atomic mass is 35.5. The van der Waals surface area contributed by atoms with Gasteiger partial charge in [0.2, 0.25) is 0 Å². The molecule has 0 saturated carbocycles. The topological polar surface area (TPSA) is 0 Å². The van der Waals surface area contributed by atoms with Crippen molar-refractivity contribution in [1.29, 1.82) is 0 Å². The van der Waals surface area contributed by atoms with Crippen LogP contribution in [0.2, 0.25) is 5.02 Å². The first kappa shape index (κ1) is 25.7. The van der Waals surface area contributed by atoms with Gasteiger partial charge in [-0.05, 0) is 101 Å². The summed E-state index contributed by atoms with van der Waals surface area (Å²) >= 11 is 6.62. The van der Waals surface area contributed by atoms with Gasteiger partial charge in [-0.2, -0.15) is 0 Å². The summed E-state index contributed by atoms with van der Waals surface area (Å²) in [6.45, 7) is 13.6. The molecule has 1 heteroatoms. The third-order valence-corrected chi connectivity index (χ3v) is 8.30. The van der Waals surface area contributed by atoms with Gasteiger partial charge in [-0.1, -0.05) is 132 Å². The Morgan fingerprint density at radius 1 is 0.410 bits per heavy atom. The van der Waals surface area contributed by atoms with Crippen molar-refractivity contribution in [2.45, 2.75) is 52.4 Å². The fourth-order valence-electron chi connectivity index (χ4n) is 5.75. The van der Waals surface area contributed by atoms with Gasteiger partial charge in [0.15, 0.2) is 0 Å². The molecular weight excluding hydrogens is 492 g/mol. The van der Waals surface area contributed by atoms with E-state index in [1.165, 1.54) is 65.7 Å². The Bertz CT molecular complexity index is 1840. The van der Waals surface area contributed by atoms with Crippen molar-refractivity contribution in [2.75, 3.05) is 0 Å². The molecule has 0 aliphatic carbocycles. The van der Waals surface area contributed by atoms with Gasteiger partial charge in [0.05, 0.1) is 0 Å². The Balaban J connectivity index is 1.66. The van der Waals surface area contributed by atoms with E-state index >= 15 is 0 Å². The lowest BCUT2D eigenvalue weighted by molar-refractivity contribution is 0.590. The van der Waals surface area contributed by atoms with Gasteiger partial charge in [-0.15, -0.1) is 0 Å². The molecule has 0 radical (unpaired) electrons. The highest BCUT2D eigenvalue weighted by Gasteiger charge is 2.18. The molecule has 0 heterocycles. The SMILES string of the molecule is CC(C)(C)c1ccc(-c2cc3c4cc(Cl)ccc4c(-c4ccc(C(C)(C)C)cc4)cc3c3ccccc23)cc1. The van der Waals surface area contributed by atoms with Gasteiger partial charge in [-0.25, -0.2) is 0 Å². The summed E-state index contributed by atoms with van der Waals surface area (Å²) in [5.41, 5.74) is 7.88. The van der Waals surface area contributed by atoms with E-state index in [1.807, 2.05) is 6.07 Å². The van der Waals surface area contributed by atoms with E-state index in [1.54, 1.807) is 0 Å². The van der Waals surface area contributed by atoms with Gasteiger partial charge in [0, 0.05) is 5.02 Å². The van der Waals surface area contributed by atoms with Crippen LogP contribution in [0.5, 0.6) is 0 Å². The highest BCUT2D eigenvalue weighted by molar-refractivity contribution is 6.32. The van der Waals surface area contributed by atoms with Crippen LogP contribution in [0.25, 0.3) is 54.6 Å². The maximum absolute atomic E-state index is 6.62. The molecular formula is C38H35Cl. The molecule has 39 heavy (non-hydrogen) atoms. The summed E-state index contributed by atoms with van der Waals surface area (Å²) in [6.07, 6.45) is 0. The van der Waals surface area contributed by atoms with E-state index in [0.717, 1.165) is 5.02 Å². The van der Waals surface area contributed by atoms with Crippen LogP contribution in [0.4, 0.5) is 0 Å². The van der Waals surface area contributed by atoms with E-state index < -0.39 is 0 Å². The third kappa shape index (κ3) is 4.62. The zero-order valence-corrected chi connectivity index (χ0v) is 24.4. The maximum Gasteiger partial charge on any atom is 0.0412 e. The smallest absolute Gasteiger partial charge is 0.0412 e. The molecule has 0 saturated heterocycles.